The normalized spacial score (nSPS) is 11.0. The van der Waals surface area contributed by atoms with E-state index in [0.29, 0.717) is 24.3 Å². The van der Waals surface area contributed by atoms with Gasteiger partial charge in [-0.1, -0.05) is 18.2 Å². The van der Waals surface area contributed by atoms with Gasteiger partial charge in [-0.3, -0.25) is 4.57 Å². The molecular formula is C17H17NO4. The van der Waals surface area contributed by atoms with Crippen LogP contribution in [0.25, 0.3) is 11.1 Å². The van der Waals surface area contributed by atoms with Crippen molar-refractivity contribution in [3.05, 3.63) is 64.1 Å². The molecule has 5 heteroatoms. The van der Waals surface area contributed by atoms with Crippen LogP contribution >= 0.6 is 0 Å². The molecule has 0 aliphatic heterocycles. The molecule has 0 amide bonds. The van der Waals surface area contributed by atoms with Crippen molar-refractivity contribution in [2.24, 2.45) is 0 Å². The fourth-order valence-electron chi connectivity index (χ4n) is 2.38. The number of fused-ring (bicyclic) bond motifs is 1. The Bertz CT molecular complexity index is 847. The third kappa shape index (κ3) is 2.89. The Kier molecular flexibility index (Phi) is 3.98. The molecule has 1 aromatic heterocycles. The van der Waals surface area contributed by atoms with Crippen LogP contribution in [0.3, 0.4) is 0 Å². The van der Waals surface area contributed by atoms with Crippen LogP contribution in [0.5, 0.6) is 5.75 Å². The van der Waals surface area contributed by atoms with Crippen LogP contribution < -0.4 is 10.5 Å². The summed E-state index contributed by atoms with van der Waals surface area (Å²) in [5, 5.41) is 9.20. The lowest BCUT2D eigenvalue weighted by Crippen LogP contribution is -2.18. The van der Waals surface area contributed by atoms with Crippen molar-refractivity contribution < 1.29 is 14.3 Å². The van der Waals surface area contributed by atoms with E-state index in [1.807, 2.05) is 31.2 Å². The fourth-order valence-corrected chi connectivity index (χ4v) is 2.38. The van der Waals surface area contributed by atoms with E-state index >= 15 is 0 Å². The van der Waals surface area contributed by atoms with Crippen molar-refractivity contribution >= 4 is 11.1 Å². The zero-order chi connectivity index (χ0) is 15.5. The molecule has 0 spiro atoms. The van der Waals surface area contributed by atoms with Gasteiger partial charge < -0.3 is 14.3 Å². The van der Waals surface area contributed by atoms with Gasteiger partial charge in [0.2, 0.25) is 0 Å². The zero-order valence-corrected chi connectivity index (χ0v) is 12.3. The molecule has 0 saturated carbocycles. The second-order valence-electron chi connectivity index (χ2n) is 5.14. The van der Waals surface area contributed by atoms with Crippen LogP contribution in [0.4, 0.5) is 0 Å². The summed E-state index contributed by atoms with van der Waals surface area (Å²) >= 11 is 0. The zero-order valence-electron chi connectivity index (χ0n) is 12.3. The van der Waals surface area contributed by atoms with Crippen LogP contribution in [0, 0.1) is 6.92 Å². The third-order valence-corrected chi connectivity index (χ3v) is 3.49. The quantitative estimate of drug-likeness (QED) is 0.786. The Morgan fingerprint density at radius 1 is 1.23 bits per heavy atom. The van der Waals surface area contributed by atoms with Gasteiger partial charge in [0.05, 0.1) is 18.7 Å². The summed E-state index contributed by atoms with van der Waals surface area (Å²) in [7, 11) is 0. The smallest absolute Gasteiger partial charge is 0.420 e. The fraction of sp³-hybridized carbons (Fsp3) is 0.235. The number of hydrogen-bond donors (Lipinski definition) is 1. The van der Waals surface area contributed by atoms with E-state index in [-0.39, 0.29) is 6.61 Å². The molecule has 2 aromatic carbocycles. The molecule has 0 atom stereocenters. The van der Waals surface area contributed by atoms with E-state index < -0.39 is 5.76 Å². The topological polar surface area (TPSA) is 64.6 Å². The summed E-state index contributed by atoms with van der Waals surface area (Å²) < 4.78 is 12.4. The van der Waals surface area contributed by atoms with E-state index in [2.05, 4.69) is 0 Å². The lowest BCUT2D eigenvalue weighted by molar-refractivity contribution is 0.282. The molecule has 3 rings (SSSR count). The van der Waals surface area contributed by atoms with E-state index in [4.69, 9.17) is 9.15 Å². The lowest BCUT2D eigenvalue weighted by Gasteiger charge is -2.07. The minimum Gasteiger partial charge on any atom is -0.492 e. The van der Waals surface area contributed by atoms with Crippen molar-refractivity contribution in [1.82, 2.24) is 4.57 Å². The Morgan fingerprint density at radius 2 is 2.09 bits per heavy atom. The molecule has 0 radical (unpaired) electrons. The maximum atomic E-state index is 11.9. The SMILES string of the molecule is Cc1cccc(OCCn2c(=O)oc3ccc(CO)cc32)c1. The number of aliphatic hydroxyl groups is 1. The van der Waals surface area contributed by atoms with Crippen molar-refractivity contribution in [2.45, 2.75) is 20.1 Å². The van der Waals surface area contributed by atoms with E-state index in [0.717, 1.165) is 16.9 Å². The second-order valence-corrected chi connectivity index (χ2v) is 5.14. The minimum absolute atomic E-state index is 0.0743. The van der Waals surface area contributed by atoms with Crippen LogP contribution in [0.1, 0.15) is 11.1 Å². The van der Waals surface area contributed by atoms with Crippen molar-refractivity contribution in [3.8, 4) is 5.75 Å². The Morgan fingerprint density at radius 3 is 2.86 bits per heavy atom. The first-order chi connectivity index (χ1) is 10.7. The Labute approximate surface area is 127 Å². The standard InChI is InChI=1S/C17H17NO4/c1-12-3-2-4-14(9-12)21-8-7-18-15-10-13(11-19)5-6-16(15)22-17(18)20/h2-6,9-10,19H,7-8,11H2,1H3. The van der Waals surface area contributed by atoms with Crippen molar-refractivity contribution in [1.29, 1.82) is 0 Å². The number of hydrogen-bond acceptors (Lipinski definition) is 4. The molecule has 1 N–H and O–H groups in total. The second kappa shape index (κ2) is 6.07. The first-order valence-electron chi connectivity index (χ1n) is 7.10. The van der Waals surface area contributed by atoms with Crippen LogP contribution in [0.15, 0.2) is 51.7 Å². The molecule has 3 aromatic rings. The summed E-state index contributed by atoms with van der Waals surface area (Å²) in [5.74, 6) is 0.356. The highest BCUT2D eigenvalue weighted by molar-refractivity contribution is 5.73. The molecule has 1 heterocycles. The average molecular weight is 299 g/mol. The largest absolute Gasteiger partial charge is 0.492 e. The van der Waals surface area contributed by atoms with Gasteiger partial charge in [-0.05, 0) is 42.3 Å². The number of aromatic nitrogens is 1. The first-order valence-corrected chi connectivity index (χ1v) is 7.10. The molecule has 0 bridgehead atoms. The number of benzene rings is 2. The van der Waals surface area contributed by atoms with Gasteiger partial charge in [0.15, 0.2) is 5.58 Å². The first kappa shape index (κ1) is 14.4. The number of ether oxygens (including phenoxy) is 1. The van der Waals surface area contributed by atoms with Crippen LogP contribution in [0.2, 0.25) is 0 Å². The van der Waals surface area contributed by atoms with Gasteiger partial charge in [0.1, 0.15) is 12.4 Å². The number of nitrogens with zero attached hydrogens (tertiary/aromatic N) is 1. The van der Waals surface area contributed by atoms with Gasteiger partial charge >= 0.3 is 5.76 Å². The van der Waals surface area contributed by atoms with Crippen LogP contribution in [-0.2, 0) is 13.2 Å². The van der Waals surface area contributed by atoms with Gasteiger partial charge in [0.25, 0.3) is 0 Å². The Balaban J connectivity index is 1.78. The highest BCUT2D eigenvalue weighted by atomic mass is 16.5. The van der Waals surface area contributed by atoms with Gasteiger partial charge in [0, 0.05) is 0 Å². The average Bonchev–Trinajstić information content (AvgIpc) is 2.82. The molecule has 0 unspecified atom stereocenters. The molecule has 22 heavy (non-hydrogen) atoms. The molecule has 0 aliphatic carbocycles. The summed E-state index contributed by atoms with van der Waals surface area (Å²) in [4.78, 5) is 11.9. The molecule has 5 nitrogen and oxygen atoms in total. The van der Waals surface area contributed by atoms with Gasteiger partial charge in [-0.15, -0.1) is 0 Å². The summed E-state index contributed by atoms with van der Waals surface area (Å²) in [6, 6.07) is 12.9. The van der Waals surface area contributed by atoms with Crippen molar-refractivity contribution in [3.63, 3.8) is 0 Å². The minimum atomic E-state index is -0.419. The number of aryl methyl sites for hydroxylation is 1. The molecular weight excluding hydrogens is 282 g/mol. The summed E-state index contributed by atoms with van der Waals surface area (Å²) in [5.41, 5.74) is 3.04. The van der Waals surface area contributed by atoms with Crippen molar-refractivity contribution in [2.75, 3.05) is 6.61 Å². The predicted octanol–water partition coefficient (Wildman–Crippen LogP) is 2.47. The summed E-state index contributed by atoms with van der Waals surface area (Å²) in [6.07, 6.45) is 0. The maximum Gasteiger partial charge on any atom is 0.420 e. The number of rotatable bonds is 5. The predicted molar refractivity (Wildman–Crippen MR) is 83.1 cm³/mol. The monoisotopic (exact) mass is 299 g/mol. The van der Waals surface area contributed by atoms with Crippen LogP contribution in [-0.4, -0.2) is 16.3 Å². The van der Waals surface area contributed by atoms with Gasteiger partial charge in [-0.2, -0.15) is 0 Å². The lowest BCUT2D eigenvalue weighted by atomic mass is 10.2. The maximum absolute atomic E-state index is 11.9. The molecule has 0 fully saturated rings. The number of oxazole rings is 1. The Hall–Kier alpha value is -2.53. The molecule has 0 aliphatic rings. The summed E-state index contributed by atoms with van der Waals surface area (Å²) in [6.45, 7) is 2.67. The van der Waals surface area contributed by atoms with E-state index in [1.54, 1.807) is 18.2 Å². The third-order valence-electron chi connectivity index (χ3n) is 3.49. The highest BCUT2D eigenvalue weighted by Crippen LogP contribution is 2.16. The van der Waals surface area contributed by atoms with E-state index in [1.165, 1.54) is 4.57 Å². The molecule has 0 saturated heterocycles. The van der Waals surface area contributed by atoms with E-state index in [9.17, 15) is 9.90 Å². The number of aliphatic hydroxyl groups excluding tert-OH is 1. The van der Waals surface area contributed by atoms with Gasteiger partial charge in [-0.25, -0.2) is 4.79 Å². The highest BCUT2D eigenvalue weighted by Gasteiger charge is 2.09. The molecule has 114 valence electrons.